The van der Waals surface area contributed by atoms with Gasteiger partial charge >= 0.3 is 0 Å². The number of pyridine rings is 1. The van der Waals surface area contributed by atoms with Crippen molar-refractivity contribution in [3.8, 4) is 0 Å². The summed E-state index contributed by atoms with van der Waals surface area (Å²) in [5.41, 5.74) is 1.19. The van der Waals surface area contributed by atoms with E-state index in [1.54, 1.807) is 32.4 Å². The van der Waals surface area contributed by atoms with Gasteiger partial charge in [-0.15, -0.1) is 0 Å². The summed E-state index contributed by atoms with van der Waals surface area (Å²) in [5.74, 6) is -0.134. The molecule has 0 fully saturated rings. The topological polar surface area (TPSA) is 65.5 Å². The molecule has 0 spiro atoms. The summed E-state index contributed by atoms with van der Waals surface area (Å²) in [6.45, 7) is 2.05. The molecule has 0 saturated carbocycles. The van der Waals surface area contributed by atoms with Gasteiger partial charge in [-0.25, -0.2) is 0 Å². The van der Waals surface area contributed by atoms with Crippen LogP contribution in [-0.4, -0.2) is 47.6 Å². The van der Waals surface area contributed by atoms with Crippen molar-refractivity contribution in [1.29, 1.82) is 0 Å². The molecule has 1 aromatic rings. The van der Waals surface area contributed by atoms with E-state index in [4.69, 9.17) is 5.11 Å². The van der Waals surface area contributed by atoms with E-state index in [1.807, 2.05) is 6.92 Å². The first-order valence-electron chi connectivity index (χ1n) is 5.63. The van der Waals surface area contributed by atoms with Crippen LogP contribution >= 0.6 is 0 Å². The molecular formula is C12H19N3O2. The van der Waals surface area contributed by atoms with Crippen LogP contribution in [0.3, 0.4) is 0 Å². The van der Waals surface area contributed by atoms with Gasteiger partial charge in [-0.05, 0) is 18.6 Å². The zero-order chi connectivity index (χ0) is 12.8. The summed E-state index contributed by atoms with van der Waals surface area (Å²) < 4.78 is 0. The maximum Gasteiger partial charge on any atom is 0.272 e. The molecule has 0 saturated heterocycles. The van der Waals surface area contributed by atoms with Crippen LogP contribution in [0.15, 0.2) is 18.3 Å². The van der Waals surface area contributed by atoms with Crippen LogP contribution in [-0.2, 0) is 0 Å². The Morgan fingerprint density at radius 1 is 1.59 bits per heavy atom. The van der Waals surface area contributed by atoms with Crippen LogP contribution in [0.1, 0.15) is 23.8 Å². The molecule has 0 aliphatic carbocycles. The number of rotatable bonds is 5. The van der Waals surface area contributed by atoms with E-state index in [0.29, 0.717) is 5.69 Å². The Balaban J connectivity index is 2.82. The minimum absolute atomic E-state index is 0.000270. The van der Waals surface area contributed by atoms with Gasteiger partial charge in [-0.2, -0.15) is 0 Å². The summed E-state index contributed by atoms with van der Waals surface area (Å²) in [6, 6.07) is 3.48. The summed E-state index contributed by atoms with van der Waals surface area (Å²) in [6.07, 6.45) is 2.40. The highest BCUT2D eigenvalue weighted by atomic mass is 16.3. The van der Waals surface area contributed by atoms with Crippen molar-refractivity contribution in [2.45, 2.75) is 19.4 Å². The number of hydrogen-bond donors (Lipinski definition) is 2. The van der Waals surface area contributed by atoms with E-state index in [0.717, 1.165) is 12.1 Å². The molecule has 0 aliphatic heterocycles. The lowest BCUT2D eigenvalue weighted by Gasteiger charge is -2.16. The third-order valence-corrected chi connectivity index (χ3v) is 2.47. The second kappa shape index (κ2) is 6.20. The zero-order valence-corrected chi connectivity index (χ0v) is 10.5. The van der Waals surface area contributed by atoms with Crippen LogP contribution in [0.2, 0.25) is 0 Å². The largest absolute Gasteiger partial charge is 0.394 e. The van der Waals surface area contributed by atoms with Crippen LogP contribution in [0.25, 0.3) is 0 Å². The van der Waals surface area contributed by atoms with Gasteiger partial charge in [0, 0.05) is 32.0 Å². The standard InChI is InChI=1S/C12H19N3O2/c1-4-9(8-16)14-10-5-6-13-11(7-10)12(17)15(2)3/h5-7,9,16H,4,8H2,1-3H3,(H,13,14). The van der Waals surface area contributed by atoms with Gasteiger partial charge in [0.25, 0.3) is 5.91 Å². The third kappa shape index (κ3) is 3.71. The molecule has 1 rings (SSSR count). The first-order chi connectivity index (χ1) is 8.08. The van der Waals surface area contributed by atoms with E-state index in [1.165, 1.54) is 4.90 Å². The smallest absolute Gasteiger partial charge is 0.272 e. The molecule has 94 valence electrons. The van der Waals surface area contributed by atoms with Crippen LogP contribution in [0, 0.1) is 0 Å². The Morgan fingerprint density at radius 2 is 2.29 bits per heavy atom. The number of amides is 1. The highest BCUT2D eigenvalue weighted by molar-refractivity contribution is 5.92. The number of aliphatic hydroxyl groups excluding tert-OH is 1. The summed E-state index contributed by atoms with van der Waals surface area (Å²) in [4.78, 5) is 17.2. The molecule has 0 aliphatic rings. The number of aliphatic hydroxyl groups is 1. The molecular weight excluding hydrogens is 218 g/mol. The number of hydrogen-bond acceptors (Lipinski definition) is 4. The first kappa shape index (κ1) is 13.4. The van der Waals surface area contributed by atoms with Gasteiger partial charge in [0.1, 0.15) is 5.69 Å². The molecule has 1 atom stereocenters. The Morgan fingerprint density at radius 3 is 2.82 bits per heavy atom. The molecule has 1 aromatic heterocycles. The fraction of sp³-hybridized carbons (Fsp3) is 0.500. The quantitative estimate of drug-likeness (QED) is 0.800. The maximum atomic E-state index is 11.7. The molecule has 1 heterocycles. The van der Waals surface area contributed by atoms with Gasteiger partial charge in [0.15, 0.2) is 0 Å². The minimum atomic E-state index is -0.134. The van der Waals surface area contributed by atoms with Gasteiger partial charge in [0.2, 0.25) is 0 Å². The highest BCUT2D eigenvalue weighted by Crippen LogP contribution is 2.11. The Labute approximate surface area is 101 Å². The third-order valence-electron chi connectivity index (χ3n) is 2.47. The van der Waals surface area contributed by atoms with E-state index >= 15 is 0 Å². The highest BCUT2D eigenvalue weighted by Gasteiger charge is 2.11. The lowest BCUT2D eigenvalue weighted by molar-refractivity contribution is 0.0822. The van der Waals surface area contributed by atoms with Gasteiger partial charge in [0.05, 0.1) is 6.61 Å². The Hall–Kier alpha value is -1.62. The number of anilines is 1. The summed E-state index contributed by atoms with van der Waals surface area (Å²) >= 11 is 0. The van der Waals surface area contributed by atoms with Gasteiger partial charge < -0.3 is 15.3 Å². The Bertz CT molecular complexity index is 376. The predicted molar refractivity (Wildman–Crippen MR) is 67.0 cm³/mol. The van der Waals surface area contributed by atoms with E-state index in [-0.39, 0.29) is 18.6 Å². The zero-order valence-electron chi connectivity index (χ0n) is 10.5. The van der Waals surface area contributed by atoms with Crippen molar-refractivity contribution in [2.75, 3.05) is 26.0 Å². The van der Waals surface area contributed by atoms with Crippen LogP contribution in [0.5, 0.6) is 0 Å². The van der Waals surface area contributed by atoms with Crippen molar-refractivity contribution in [3.05, 3.63) is 24.0 Å². The molecule has 1 unspecified atom stereocenters. The molecule has 17 heavy (non-hydrogen) atoms. The van der Waals surface area contributed by atoms with Crippen LogP contribution < -0.4 is 5.32 Å². The van der Waals surface area contributed by atoms with Crippen molar-refractivity contribution >= 4 is 11.6 Å². The molecule has 0 aromatic carbocycles. The predicted octanol–water partition coefficient (Wildman–Crippen LogP) is 0.966. The second-order valence-corrected chi connectivity index (χ2v) is 4.06. The summed E-state index contributed by atoms with van der Waals surface area (Å²) in [5, 5.41) is 12.3. The van der Waals surface area contributed by atoms with Crippen molar-refractivity contribution in [3.63, 3.8) is 0 Å². The fourth-order valence-corrected chi connectivity index (χ4v) is 1.38. The minimum Gasteiger partial charge on any atom is -0.394 e. The summed E-state index contributed by atoms with van der Waals surface area (Å²) in [7, 11) is 3.37. The molecule has 1 amide bonds. The monoisotopic (exact) mass is 237 g/mol. The van der Waals surface area contributed by atoms with Crippen molar-refractivity contribution in [2.24, 2.45) is 0 Å². The average Bonchev–Trinajstić information content (AvgIpc) is 2.35. The van der Waals surface area contributed by atoms with Crippen LogP contribution in [0.4, 0.5) is 5.69 Å². The van der Waals surface area contributed by atoms with E-state index in [2.05, 4.69) is 10.3 Å². The molecule has 0 radical (unpaired) electrons. The molecule has 0 bridgehead atoms. The lowest BCUT2D eigenvalue weighted by Crippen LogP contribution is -2.24. The average molecular weight is 237 g/mol. The van der Waals surface area contributed by atoms with E-state index < -0.39 is 0 Å². The normalized spacial score (nSPS) is 12.0. The second-order valence-electron chi connectivity index (χ2n) is 4.06. The lowest BCUT2D eigenvalue weighted by atomic mass is 10.2. The molecule has 2 N–H and O–H groups in total. The SMILES string of the molecule is CCC(CO)Nc1ccnc(C(=O)N(C)C)c1. The number of aromatic nitrogens is 1. The first-order valence-corrected chi connectivity index (χ1v) is 5.63. The Kier molecular flexibility index (Phi) is 4.90. The number of carbonyl (C=O) groups is 1. The molecule has 5 nitrogen and oxygen atoms in total. The fourth-order valence-electron chi connectivity index (χ4n) is 1.38. The molecule has 5 heteroatoms. The number of nitrogens with one attached hydrogen (secondary N) is 1. The number of nitrogens with zero attached hydrogens (tertiary/aromatic N) is 2. The van der Waals surface area contributed by atoms with Crippen molar-refractivity contribution in [1.82, 2.24) is 9.88 Å². The van der Waals surface area contributed by atoms with Crippen molar-refractivity contribution < 1.29 is 9.90 Å². The van der Waals surface area contributed by atoms with Gasteiger partial charge in [-0.3, -0.25) is 9.78 Å². The van der Waals surface area contributed by atoms with E-state index in [9.17, 15) is 4.79 Å². The number of carbonyl (C=O) groups excluding carboxylic acids is 1. The maximum absolute atomic E-state index is 11.7. The van der Waals surface area contributed by atoms with Gasteiger partial charge in [-0.1, -0.05) is 6.92 Å².